The first-order valence-electron chi connectivity index (χ1n) is 5.01. The van der Waals surface area contributed by atoms with Gasteiger partial charge < -0.3 is 25.2 Å². The van der Waals surface area contributed by atoms with Crippen LogP contribution >= 0.6 is 34.8 Å². The molecule has 0 aromatic rings. The van der Waals surface area contributed by atoms with Gasteiger partial charge in [0.1, 0.15) is 24.4 Å². The number of hydrogen-bond donors (Lipinski definition) is 5. The number of amides is 1. The van der Waals surface area contributed by atoms with Crippen LogP contribution in [-0.4, -0.2) is 67.4 Å². The Morgan fingerprint density at radius 1 is 1.21 bits per heavy atom. The average molecular weight is 341 g/mol. The molecule has 0 radical (unpaired) electrons. The van der Waals surface area contributed by atoms with E-state index in [1.54, 1.807) is 5.48 Å². The van der Waals surface area contributed by atoms with E-state index >= 15 is 0 Å². The first-order valence-corrected chi connectivity index (χ1v) is 6.15. The van der Waals surface area contributed by atoms with E-state index in [2.05, 4.69) is 4.84 Å². The Kier molecular flexibility index (Phi) is 6.05. The topological polar surface area (TPSA) is 128 Å². The van der Waals surface area contributed by atoms with E-state index in [4.69, 9.17) is 44.6 Å². The van der Waals surface area contributed by atoms with Crippen LogP contribution in [0.15, 0.2) is 0 Å². The van der Waals surface area contributed by atoms with Gasteiger partial charge in [-0.05, 0) is 0 Å². The highest BCUT2D eigenvalue weighted by atomic mass is 35.6. The van der Waals surface area contributed by atoms with E-state index in [0.717, 1.165) is 0 Å². The van der Waals surface area contributed by atoms with Crippen molar-refractivity contribution in [2.75, 3.05) is 6.61 Å². The van der Waals surface area contributed by atoms with E-state index in [9.17, 15) is 20.1 Å². The summed E-state index contributed by atoms with van der Waals surface area (Å²) in [5.74, 6) is -1.14. The van der Waals surface area contributed by atoms with Crippen LogP contribution in [0.1, 0.15) is 0 Å². The molecule has 1 heterocycles. The summed E-state index contributed by atoms with van der Waals surface area (Å²) >= 11 is 15.8. The Balaban J connectivity index is 2.60. The van der Waals surface area contributed by atoms with Gasteiger partial charge in [0, 0.05) is 0 Å². The van der Waals surface area contributed by atoms with Crippen LogP contribution < -0.4 is 5.48 Å². The Morgan fingerprint density at radius 2 is 1.79 bits per heavy atom. The number of hydrogen-bond acceptors (Lipinski definition) is 7. The maximum Gasteiger partial charge on any atom is 0.295 e. The van der Waals surface area contributed by atoms with E-state index < -0.39 is 47.0 Å². The van der Waals surface area contributed by atoms with Gasteiger partial charge in [0.15, 0.2) is 0 Å². The predicted molar refractivity (Wildman–Crippen MR) is 63.3 cm³/mol. The molecule has 1 rings (SSSR count). The summed E-state index contributed by atoms with van der Waals surface area (Å²) in [4.78, 5) is 15.8. The lowest BCUT2D eigenvalue weighted by Gasteiger charge is -2.39. The Labute approximate surface area is 122 Å². The van der Waals surface area contributed by atoms with Crippen molar-refractivity contribution in [1.82, 2.24) is 5.48 Å². The van der Waals surface area contributed by atoms with Crippen LogP contribution in [0.3, 0.4) is 0 Å². The van der Waals surface area contributed by atoms with Crippen molar-refractivity contribution in [3.05, 3.63) is 0 Å². The molecule has 1 aliphatic heterocycles. The number of aliphatic hydroxyl groups is 4. The van der Waals surface area contributed by atoms with Gasteiger partial charge in [0.05, 0.1) is 6.61 Å². The molecule has 1 fully saturated rings. The molecule has 5 atom stereocenters. The van der Waals surface area contributed by atoms with Crippen LogP contribution in [0.25, 0.3) is 0 Å². The van der Waals surface area contributed by atoms with Crippen molar-refractivity contribution in [3.63, 3.8) is 0 Å². The fraction of sp³-hybridized carbons (Fsp3) is 0.875. The monoisotopic (exact) mass is 339 g/mol. The van der Waals surface area contributed by atoms with Crippen LogP contribution in [0.4, 0.5) is 0 Å². The molecule has 1 aliphatic rings. The second-order valence-electron chi connectivity index (χ2n) is 3.74. The average Bonchev–Trinajstić information content (AvgIpc) is 2.33. The van der Waals surface area contributed by atoms with Gasteiger partial charge in [-0.15, -0.1) is 0 Å². The Bertz CT molecular complexity index is 324. The quantitative estimate of drug-likeness (QED) is 0.303. The number of ether oxygens (including phenoxy) is 1. The van der Waals surface area contributed by atoms with Crippen molar-refractivity contribution in [1.29, 1.82) is 0 Å². The normalized spacial score (nSPS) is 36.1. The van der Waals surface area contributed by atoms with Gasteiger partial charge in [-0.3, -0.25) is 4.79 Å². The minimum Gasteiger partial charge on any atom is -0.394 e. The molecule has 1 unspecified atom stereocenters. The van der Waals surface area contributed by atoms with Crippen molar-refractivity contribution in [2.24, 2.45) is 0 Å². The van der Waals surface area contributed by atoms with Crippen LogP contribution in [-0.2, 0) is 14.4 Å². The number of rotatable bonds is 3. The lowest BCUT2D eigenvalue weighted by Crippen LogP contribution is -2.60. The maximum atomic E-state index is 11.2. The highest BCUT2D eigenvalue weighted by molar-refractivity contribution is 6.76. The van der Waals surface area contributed by atoms with E-state index in [0.29, 0.717) is 0 Å². The molecule has 11 heteroatoms. The van der Waals surface area contributed by atoms with E-state index in [1.165, 1.54) is 0 Å². The van der Waals surface area contributed by atoms with Gasteiger partial charge in [-0.2, -0.15) is 0 Å². The first-order chi connectivity index (χ1) is 8.68. The SMILES string of the molecule is O=C(NOC1O[C@H](CO)[C@H](O)[C@H](O)[C@H]1O)C(Cl)(Cl)Cl. The minimum absolute atomic E-state index is 0.636. The zero-order valence-electron chi connectivity index (χ0n) is 9.24. The molecule has 0 aliphatic carbocycles. The molecular formula is C8H12Cl3NO7. The molecule has 112 valence electrons. The summed E-state index contributed by atoms with van der Waals surface area (Å²) in [6, 6.07) is 0. The summed E-state index contributed by atoms with van der Waals surface area (Å²) < 4.78 is 2.63. The summed E-state index contributed by atoms with van der Waals surface area (Å²) in [5, 5.41) is 37.4. The molecule has 1 amide bonds. The summed E-state index contributed by atoms with van der Waals surface area (Å²) in [7, 11) is 0. The number of nitrogens with one attached hydrogen (secondary N) is 1. The van der Waals surface area contributed by atoms with Gasteiger partial charge in [-0.1, -0.05) is 34.8 Å². The zero-order valence-corrected chi connectivity index (χ0v) is 11.5. The number of aliphatic hydroxyl groups excluding tert-OH is 4. The third-order valence-electron chi connectivity index (χ3n) is 2.37. The molecule has 0 spiro atoms. The smallest absolute Gasteiger partial charge is 0.295 e. The lowest BCUT2D eigenvalue weighted by atomic mass is 9.99. The number of carbonyl (C=O) groups is 1. The highest BCUT2D eigenvalue weighted by Crippen LogP contribution is 2.26. The fourth-order valence-corrected chi connectivity index (χ4v) is 1.45. The third kappa shape index (κ3) is 4.28. The first kappa shape index (κ1) is 17.2. The Hall–Kier alpha value is 0.1000. The van der Waals surface area contributed by atoms with Gasteiger partial charge in [0.2, 0.25) is 6.29 Å². The second-order valence-corrected chi connectivity index (χ2v) is 6.03. The Morgan fingerprint density at radius 3 is 2.26 bits per heavy atom. The predicted octanol–water partition coefficient (Wildman–Crippen LogP) is -1.80. The summed E-state index contributed by atoms with van der Waals surface area (Å²) in [6.07, 6.45) is -7.57. The van der Waals surface area contributed by atoms with Gasteiger partial charge in [0.25, 0.3) is 9.70 Å². The maximum absolute atomic E-state index is 11.2. The largest absolute Gasteiger partial charge is 0.394 e. The van der Waals surface area contributed by atoms with Gasteiger partial charge >= 0.3 is 0 Å². The van der Waals surface area contributed by atoms with E-state index in [-0.39, 0.29) is 0 Å². The standard InChI is InChI=1S/C8H12Cl3NO7/c9-8(10,11)7(17)12-19-6-5(16)4(15)3(14)2(1-13)18-6/h2-6,13-16H,1H2,(H,12,17)/t2-,3+,4+,5-,6?/m1/s1. The fourth-order valence-electron chi connectivity index (χ4n) is 1.33. The molecule has 0 aromatic carbocycles. The van der Waals surface area contributed by atoms with Crippen molar-refractivity contribution >= 4 is 40.7 Å². The number of alkyl halides is 3. The number of hydroxylamine groups is 1. The molecule has 0 bridgehead atoms. The van der Waals surface area contributed by atoms with Crippen molar-refractivity contribution in [2.45, 2.75) is 34.5 Å². The highest BCUT2D eigenvalue weighted by Gasteiger charge is 2.45. The molecule has 8 nitrogen and oxygen atoms in total. The van der Waals surface area contributed by atoms with Crippen molar-refractivity contribution < 1.29 is 34.8 Å². The zero-order chi connectivity index (χ0) is 14.8. The molecular weight excluding hydrogens is 328 g/mol. The third-order valence-corrected chi connectivity index (χ3v) is 2.89. The number of halogens is 3. The van der Waals surface area contributed by atoms with Crippen LogP contribution in [0.2, 0.25) is 0 Å². The van der Waals surface area contributed by atoms with E-state index in [1.807, 2.05) is 0 Å². The van der Waals surface area contributed by atoms with Crippen LogP contribution in [0, 0.1) is 0 Å². The molecule has 5 N–H and O–H groups in total. The lowest BCUT2D eigenvalue weighted by molar-refractivity contribution is -0.313. The second kappa shape index (κ2) is 6.70. The molecule has 0 aromatic heterocycles. The summed E-state index contributed by atoms with van der Waals surface area (Å²) in [5.41, 5.74) is 1.71. The minimum atomic E-state index is -2.28. The molecule has 0 saturated carbocycles. The summed E-state index contributed by atoms with van der Waals surface area (Å²) in [6.45, 7) is -0.636. The van der Waals surface area contributed by atoms with Gasteiger partial charge in [-0.25, -0.2) is 10.3 Å². The van der Waals surface area contributed by atoms with Crippen molar-refractivity contribution in [3.8, 4) is 0 Å². The number of carbonyl (C=O) groups excluding carboxylic acids is 1. The molecule has 1 saturated heterocycles. The molecule has 19 heavy (non-hydrogen) atoms. The van der Waals surface area contributed by atoms with Crippen LogP contribution in [0.5, 0.6) is 0 Å².